The van der Waals surface area contributed by atoms with Crippen LogP contribution in [0.15, 0.2) is 47.1 Å². The molecule has 1 aromatic carbocycles. The predicted molar refractivity (Wildman–Crippen MR) is 74.8 cm³/mol. The van der Waals surface area contributed by atoms with Crippen LogP contribution in [0.5, 0.6) is 0 Å². The molecule has 2 unspecified atom stereocenters. The van der Waals surface area contributed by atoms with Gasteiger partial charge in [-0.25, -0.2) is 0 Å². The third-order valence-corrected chi connectivity index (χ3v) is 3.39. The van der Waals surface area contributed by atoms with Gasteiger partial charge in [0.25, 0.3) is 0 Å². The molecule has 0 aliphatic rings. The maximum atomic E-state index is 5.86. The third kappa shape index (κ3) is 2.39. The van der Waals surface area contributed by atoms with Gasteiger partial charge in [-0.05, 0) is 26.0 Å². The minimum Gasteiger partial charge on any atom is -0.459 e. The third-order valence-electron chi connectivity index (χ3n) is 3.39. The second-order valence-electron chi connectivity index (χ2n) is 4.83. The first kappa shape index (κ1) is 12.0. The standard InChI is InChI=1S/C15H17N3O/c1-10(13-8-16-17-9-13)18-11(2)15-7-12-5-3-4-6-14(12)19-15/h3-11,18H,1-2H3,(H,16,17). The molecule has 3 rings (SSSR count). The van der Waals surface area contributed by atoms with Gasteiger partial charge in [-0.15, -0.1) is 0 Å². The van der Waals surface area contributed by atoms with Gasteiger partial charge in [0.15, 0.2) is 0 Å². The number of hydrogen-bond donors (Lipinski definition) is 2. The number of nitrogens with zero attached hydrogens (tertiary/aromatic N) is 1. The van der Waals surface area contributed by atoms with Crippen molar-refractivity contribution in [2.75, 3.05) is 0 Å². The van der Waals surface area contributed by atoms with Gasteiger partial charge in [0, 0.05) is 23.2 Å². The minimum absolute atomic E-state index is 0.150. The zero-order valence-electron chi connectivity index (χ0n) is 11.1. The molecule has 0 aliphatic carbocycles. The zero-order chi connectivity index (χ0) is 13.2. The van der Waals surface area contributed by atoms with Crippen molar-refractivity contribution in [2.45, 2.75) is 25.9 Å². The van der Waals surface area contributed by atoms with Crippen LogP contribution in [-0.4, -0.2) is 10.2 Å². The SMILES string of the molecule is CC(NC(C)c1cc2ccccc2o1)c1cn[nH]c1. The summed E-state index contributed by atoms with van der Waals surface area (Å²) in [4.78, 5) is 0. The molecule has 0 bridgehead atoms. The normalized spacial score (nSPS) is 14.6. The summed E-state index contributed by atoms with van der Waals surface area (Å²) >= 11 is 0. The van der Waals surface area contributed by atoms with Crippen molar-refractivity contribution in [3.63, 3.8) is 0 Å². The number of aromatic amines is 1. The van der Waals surface area contributed by atoms with Crippen LogP contribution in [0.4, 0.5) is 0 Å². The van der Waals surface area contributed by atoms with Gasteiger partial charge in [-0.3, -0.25) is 5.10 Å². The molecule has 0 saturated carbocycles. The Kier molecular flexibility index (Phi) is 3.09. The molecule has 2 heterocycles. The zero-order valence-corrected chi connectivity index (χ0v) is 11.1. The topological polar surface area (TPSA) is 53.9 Å². The molecule has 2 aromatic heterocycles. The highest BCUT2D eigenvalue weighted by atomic mass is 16.3. The molecule has 2 atom stereocenters. The van der Waals surface area contributed by atoms with Gasteiger partial charge in [-0.1, -0.05) is 18.2 Å². The van der Waals surface area contributed by atoms with Gasteiger partial charge < -0.3 is 9.73 Å². The molecular weight excluding hydrogens is 238 g/mol. The van der Waals surface area contributed by atoms with Gasteiger partial charge in [0.05, 0.1) is 12.2 Å². The Morgan fingerprint density at radius 3 is 2.79 bits per heavy atom. The van der Waals surface area contributed by atoms with E-state index in [1.54, 1.807) is 0 Å². The number of H-pyrrole nitrogens is 1. The number of rotatable bonds is 4. The van der Waals surface area contributed by atoms with E-state index in [-0.39, 0.29) is 12.1 Å². The van der Waals surface area contributed by atoms with Crippen LogP contribution in [0.1, 0.15) is 37.3 Å². The van der Waals surface area contributed by atoms with Crippen molar-refractivity contribution in [3.05, 3.63) is 54.0 Å². The summed E-state index contributed by atoms with van der Waals surface area (Å²) in [6.07, 6.45) is 3.74. The van der Waals surface area contributed by atoms with E-state index in [1.807, 2.05) is 30.6 Å². The van der Waals surface area contributed by atoms with E-state index in [2.05, 4.69) is 41.5 Å². The second kappa shape index (κ2) is 4.90. The monoisotopic (exact) mass is 255 g/mol. The van der Waals surface area contributed by atoms with Crippen molar-refractivity contribution < 1.29 is 4.42 Å². The lowest BCUT2D eigenvalue weighted by molar-refractivity contribution is 0.417. The van der Waals surface area contributed by atoms with Crippen molar-refractivity contribution >= 4 is 11.0 Å². The highest BCUT2D eigenvalue weighted by Gasteiger charge is 2.15. The highest BCUT2D eigenvalue weighted by molar-refractivity contribution is 5.77. The maximum absolute atomic E-state index is 5.86. The summed E-state index contributed by atoms with van der Waals surface area (Å²) in [6.45, 7) is 4.22. The fourth-order valence-corrected chi connectivity index (χ4v) is 2.27. The average Bonchev–Trinajstić information content (AvgIpc) is 3.07. The molecule has 3 aromatic rings. The summed E-state index contributed by atoms with van der Waals surface area (Å²) in [5, 5.41) is 11.4. The Hall–Kier alpha value is -2.07. The van der Waals surface area contributed by atoms with Crippen LogP contribution < -0.4 is 5.32 Å². The van der Waals surface area contributed by atoms with Crippen LogP contribution in [-0.2, 0) is 0 Å². The number of para-hydroxylation sites is 1. The average molecular weight is 255 g/mol. The van der Waals surface area contributed by atoms with Crippen molar-refractivity contribution in [1.82, 2.24) is 15.5 Å². The Morgan fingerprint density at radius 2 is 2.05 bits per heavy atom. The number of aromatic nitrogens is 2. The smallest absolute Gasteiger partial charge is 0.134 e. The van der Waals surface area contributed by atoms with Crippen LogP contribution in [0.2, 0.25) is 0 Å². The quantitative estimate of drug-likeness (QED) is 0.749. The molecule has 0 amide bonds. The Balaban J connectivity index is 1.78. The second-order valence-corrected chi connectivity index (χ2v) is 4.83. The van der Waals surface area contributed by atoms with Crippen molar-refractivity contribution in [3.8, 4) is 0 Å². The van der Waals surface area contributed by atoms with Gasteiger partial charge in [0.1, 0.15) is 11.3 Å². The minimum atomic E-state index is 0.150. The van der Waals surface area contributed by atoms with E-state index in [0.717, 1.165) is 22.3 Å². The molecule has 98 valence electrons. The molecule has 0 spiro atoms. The van der Waals surface area contributed by atoms with E-state index < -0.39 is 0 Å². The first-order valence-electron chi connectivity index (χ1n) is 6.47. The van der Waals surface area contributed by atoms with E-state index in [1.165, 1.54) is 0 Å². The Morgan fingerprint density at radius 1 is 1.21 bits per heavy atom. The molecule has 0 aliphatic heterocycles. The van der Waals surface area contributed by atoms with E-state index in [0.29, 0.717) is 0 Å². The van der Waals surface area contributed by atoms with Crippen LogP contribution in [0, 0.1) is 0 Å². The first-order chi connectivity index (χ1) is 9.24. The number of benzene rings is 1. The molecule has 4 heteroatoms. The van der Waals surface area contributed by atoms with Crippen LogP contribution >= 0.6 is 0 Å². The molecule has 4 nitrogen and oxygen atoms in total. The van der Waals surface area contributed by atoms with E-state index in [4.69, 9.17) is 4.42 Å². The lowest BCUT2D eigenvalue weighted by Crippen LogP contribution is -2.21. The van der Waals surface area contributed by atoms with Crippen molar-refractivity contribution in [2.24, 2.45) is 0 Å². The fraction of sp³-hybridized carbons (Fsp3) is 0.267. The Bertz CT molecular complexity index is 624. The number of hydrogen-bond acceptors (Lipinski definition) is 3. The molecular formula is C15H17N3O. The summed E-state index contributed by atoms with van der Waals surface area (Å²) in [5.74, 6) is 0.955. The predicted octanol–water partition coefficient (Wildman–Crippen LogP) is 3.57. The largest absolute Gasteiger partial charge is 0.459 e. The fourth-order valence-electron chi connectivity index (χ4n) is 2.27. The highest BCUT2D eigenvalue weighted by Crippen LogP contribution is 2.25. The van der Waals surface area contributed by atoms with E-state index >= 15 is 0 Å². The summed E-state index contributed by atoms with van der Waals surface area (Å²) in [7, 11) is 0. The number of furan rings is 1. The van der Waals surface area contributed by atoms with Crippen LogP contribution in [0.3, 0.4) is 0 Å². The molecule has 0 radical (unpaired) electrons. The Labute approximate surface area is 111 Å². The molecule has 19 heavy (non-hydrogen) atoms. The number of fused-ring (bicyclic) bond motifs is 1. The molecule has 0 fully saturated rings. The lowest BCUT2D eigenvalue weighted by Gasteiger charge is -2.17. The molecule has 0 saturated heterocycles. The van der Waals surface area contributed by atoms with Gasteiger partial charge >= 0.3 is 0 Å². The maximum Gasteiger partial charge on any atom is 0.134 e. The van der Waals surface area contributed by atoms with Gasteiger partial charge in [-0.2, -0.15) is 5.10 Å². The van der Waals surface area contributed by atoms with E-state index in [9.17, 15) is 0 Å². The number of nitrogens with one attached hydrogen (secondary N) is 2. The summed E-state index contributed by atoms with van der Waals surface area (Å²) in [6, 6.07) is 10.5. The summed E-state index contributed by atoms with van der Waals surface area (Å²) in [5.41, 5.74) is 2.07. The van der Waals surface area contributed by atoms with Crippen LogP contribution in [0.25, 0.3) is 11.0 Å². The first-order valence-corrected chi connectivity index (χ1v) is 6.47. The lowest BCUT2D eigenvalue weighted by atomic mass is 10.1. The summed E-state index contributed by atoms with van der Waals surface area (Å²) < 4.78 is 5.86. The molecule has 2 N–H and O–H groups in total. The van der Waals surface area contributed by atoms with Gasteiger partial charge in [0.2, 0.25) is 0 Å². The van der Waals surface area contributed by atoms with Crippen molar-refractivity contribution in [1.29, 1.82) is 0 Å².